The van der Waals surface area contributed by atoms with Crippen molar-refractivity contribution < 1.29 is 18.0 Å². The summed E-state index contributed by atoms with van der Waals surface area (Å²) in [6.45, 7) is 4.35. The van der Waals surface area contributed by atoms with Crippen LogP contribution in [-0.4, -0.2) is 83.9 Å². The summed E-state index contributed by atoms with van der Waals surface area (Å²) in [5, 5.41) is 4.42. The second-order valence-corrected chi connectivity index (χ2v) is 9.24. The van der Waals surface area contributed by atoms with E-state index >= 15 is 0 Å². The number of amides is 1. The molecule has 1 aliphatic rings. The molecule has 1 aliphatic heterocycles. The van der Waals surface area contributed by atoms with E-state index in [0.717, 1.165) is 48.4 Å². The molecule has 0 saturated carbocycles. The van der Waals surface area contributed by atoms with Crippen LogP contribution in [0.25, 0.3) is 10.9 Å². The molecule has 3 aromatic rings. The van der Waals surface area contributed by atoms with Gasteiger partial charge >= 0.3 is 6.18 Å². The SMILES string of the molecule is CN(C)CCCNc1nc(CN2CCN(C(=O)c3cccc(C(F)(F)F)c3)CC2)nc2ccccc12. The average Bonchev–Trinajstić information content (AvgIpc) is 2.86. The van der Waals surface area contributed by atoms with Crippen molar-refractivity contribution in [1.29, 1.82) is 0 Å². The molecule has 0 bridgehead atoms. The fourth-order valence-corrected chi connectivity index (χ4v) is 4.25. The molecule has 2 aromatic carbocycles. The lowest BCUT2D eigenvalue weighted by molar-refractivity contribution is -0.137. The summed E-state index contributed by atoms with van der Waals surface area (Å²) in [5.74, 6) is 1.13. The molecule has 192 valence electrons. The van der Waals surface area contributed by atoms with Crippen molar-refractivity contribution in [2.24, 2.45) is 0 Å². The summed E-state index contributed by atoms with van der Waals surface area (Å²) in [7, 11) is 4.09. The fourth-order valence-electron chi connectivity index (χ4n) is 4.25. The van der Waals surface area contributed by atoms with Crippen LogP contribution in [-0.2, 0) is 12.7 Å². The zero-order chi connectivity index (χ0) is 25.7. The van der Waals surface area contributed by atoms with Gasteiger partial charge in [-0.1, -0.05) is 18.2 Å². The third kappa shape index (κ3) is 6.50. The summed E-state index contributed by atoms with van der Waals surface area (Å²) in [5.41, 5.74) is 0.114. The summed E-state index contributed by atoms with van der Waals surface area (Å²) in [4.78, 5) is 28.2. The third-order valence-electron chi connectivity index (χ3n) is 6.19. The van der Waals surface area contributed by atoms with Gasteiger partial charge in [-0.2, -0.15) is 13.2 Å². The van der Waals surface area contributed by atoms with Gasteiger partial charge in [-0.3, -0.25) is 9.69 Å². The van der Waals surface area contributed by atoms with E-state index in [1.807, 2.05) is 38.4 Å². The van der Waals surface area contributed by atoms with Crippen LogP contribution in [0.15, 0.2) is 48.5 Å². The van der Waals surface area contributed by atoms with Crippen LogP contribution < -0.4 is 5.32 Å². The third-order valence-corrected chi connectivity index (χ3v) is 6.19. The predicted octanol–water partition coefficient (Wildman–Crippen LogP) is 3.97. The van der Waals surface area contributed by atoms with Gasteiger partial charge in [0.2, 0.25) is 0 Å². The number of fused-ring (bicyclic) bond motifs is 1. The molecule has 0 radical (unpaired) electrons. The van der Waals surface area contributed by atoms with Gasteiger partial charge in [0.1, 0.15) is 11.6 Å². The molecule has 1 aromatic heterocycles. The van der Waals surface area contributed by atoms with E-state index in [9.17, 15) is 18.0 Å². The molecule has 7 nitrogen and oxygen atoms in total. The molecule has 36 heavy (non-hydrogen) atoms. The molecule has 0 unspecified atom stereocenters. The number of alkyl halides is 3. The van der Waals surface area contributed by atoms with Crippen LogP contribution in [0.4, 0.5) is 19.0 Å². The quantitative estimate of drug-likeness (QED) is 0.473. The number of aromatic nitrogens is 2. The Balaban J connectivity index is 1.39. The zero-order valence-corrected chi connectivity index (χ0v) is 20.6. The van der Waals surface area contributed by atoms with Crippen LogP contribution in [0.1, 0.15) is 28.2 Å². The smallest absolute Gasteiger partial charge is 0.369 e. The highest BCUT2D eigenvalue weighted by atomic mass is 19.4. The van der Waals surface area contributed by atoms with Crippen LogP contribution in [0.3, 0.4) is 0 Å². The Hall–Kier alpha value is -3.24. The summed E-state index contributed by atoms with van der Waals surface area (Å²) < 4.78 is 39.1. The number of carbonyl (C=O) groups is 1. The van der Waals surface area contributed by atoms with Crippen LogP contribution in [0.2, 0.25) is 0 Å². The van der Waals surface area contributed by atoms with E-state index in [0.29, 0.717) is 38.5 Å². The normalized spacial score (nSPS) is 15.0. The van der Waals surface area contributed by atoms with E-state index in [1.54, 1.807) is 4.90 Å². The molecule has 0 spiro atoms. The second kappa shape index (κ2) is 11.2. The molecule has 1 fully saturated rings. The highest BCUT2D eigenvalue weighted by Gasteiger charge is 2.31. The number of nitrogens with zero attached hydrogens (tertiary/aromatic N) is 5. The number of benzene rings is 2. The lowest BCUT2D eigenvalue weighted by Crippen LogP contribution is -2.48. The highest BCUT2D eigenvalue weighted by Crippen LogP contribution is 2.30. The molecular weight excluding hydrogens is 469 g/mol. The van der Waals surface area contributed by atoms with E-state index < -0.39 is 11.7 Å². The molecule has 0 atom stereocenters. The fraction of sp³-hybridized carbons (Fsp3) is 0.423. The molecule has 2 heterocycles. The van der Waals surface area contributed by atoms with Crippen molar-refractivity contribution in [3.63, 3.8) is 0 Å². The Morgan fingerprint density at radius 3 is 2.50 bits per heavy atom. The summed E-state index contributed by atoms with van der Waals surface area (Å²) in [6, 6.07) is 12.5. The minimum absolute atomic E-state index is 0.0566. The summed E-state index contributed by atoms with van der Waals surface area (Å²) >= 11 is 0. The van der Waals surface area contributed by atoms with Crippen molar-refractivity contribution in [1.82, 2.24) is 24.7 Å². The lowest BCUT2D eigenvalue weighted by Gasteiger charge is -2.34. The van der Waals surface area contributed by atoms with Crippen LogP contribution in [0, 0.1) is 0 Å². The van der Waals surface area contributed by atoms with Crippen molar-refractivity contribution >= 4 is 22.6 Å². The van der Waals surface area contributed by atoms with Crippen molar-refractivity contribution in [2.45, 2.75) is 19.1 Å². The molecule has 0 aliphatic carbocycles. The molecular formula is C26H31F3N6O. The maximum absolute atomic E-state index is 13.0. The first-order valence-corrected chi connectivity index (χ1v) is 12.0. The molecule has 1 N–H and O–H groups in total. The van der Waals surface area contributed by atoms with Crippen LogP contribution >= 0.6 is 0 Å². The van der Waals surface area contributed by atoms with Gasteiger partial charge in [-0.15, -0.1) is 0 Å². The molecule has 4 rings (SSSR count). The molecule has 1 amide bonds. The zero-order valence-electron chi connectivity index (χ0n) is 20.6. The van der Waals surface area contributed by atoms with Gasteiger partial charge in [0, 0.05) is 43.7 Å². The van der Waals surface area contributed by atoms with Gasteiger partial charge in [-0.05, 0) is 57.4 Å². The molecule has 10 heteroatoms. The Bertz CT molecular complexity index is 1190. The van der Waals surface area contributed by atoms with Crippen molar-refractivity contribution in [3.05, 3.63) is 65.5 Å². The van der Waals surface area contributed by atoms with Crippen LogP contribution in [0.5, 0.6) is 0 Å². The minimum Gasteiger partial charge on any atom is -0.369 e. The Morgan fingerprint density at radius 2 is 1.78 bits per heavy atom. The van der Waals surface area contributed by atoms with E-state index in [-0.39, 0.29) is 11.5 Å². The minimum atomic E-state index is -4.48. The largest absolute Gasteiger partial charge is 0.416 e. The number of nitrogens with one attached hydrogen (secondary N) is 1. The maximum Gasteiger partial charge on any atom is 0.416 e. The van der Waals surface area contributed by atoms with Gasteiger partial charge in [0.15, 0.2) is 0 Å². The number of hydrogen-bond acceptors (Lipinski definition) is 6. The number of rotatable bonds is 8. The first-order chi connectivity index (χ1) is 17.2. The lowest BCUT2D eigenvalue weighted by atomic mass is 10.1. The van der Waals surface area contributed by atoms with Gasteiger partial charge in [0.25, 0.3) is 5.91 Å². The Morgan fingerprint density at radius 1 is 1.03 bits per heavy atom. The Kier molecular flexibility index (Phi) is 8.05. The standard InChI is InChI=1S/C26H31F3N6O/c1-33(2)12-6-11-30-24-21-9-3-4-10-22(21)31-23(32-24)18-34-13-15-35(16-14-34)25(36)19-7-5-8-20(17-19)26(27,28)29/h3-5,7-10,17H,6,11-16,18H2,1-2H3,(H,30,31,32). The van der Waals surface area contributed by atoms with Gasteiger partial charge in [0.05, 0.1) is 17.6 Å². The van der Waals surface area contributed by atoms with E-state index in [4.69, 9.17) is 9.97 Å². The average molecular weight is 501 g/mol. The van der Waals surface area contributed by atoms with E-state index in [1.165, 1.54) is 12.1 Å². The molecule has 1 saturated heterocycles. The number of halogens is 3. The first-order valence-electron chi connectivity index (χ1n) is 12.0. The first kappa shape index (κ1) is 25.8. The number of anilines is 1. The summed E-state index contributed by atoms with van der Waals surface area (Å²) in [6.07, 6.45) is -3.49. The predicted molar refractivity (Wildman–Crippen MR) is 134 cm³/mol. The monoisotopic (exact) mass is 500 g/mol. The van der Waals surface area contributed by atoms with Crippen molar-refractivity contribution in [3.8, 4) is 0 Å². The van der Waals surface area contributed by atoms with Gasteiger partial charge in [-0.25, -0.2) is 9.97 Å². The number of piperazine rings is 1. The van der Waals surface area contributed by atoms with Gasteiger partial charge < -0.3 is 15.1 Å². The number of carbonyl (C=O) groups excluding carboxylic acids is 1. The second-order valence-electron chi connectivity index (χ2n) is 9.24. The number of para-hydroxylation sites is 1. The Labute approximate surface area is 208 Å². The van der Waals surface area contributed by atoms with Crippen molar-refractivity contribution in [2.75, 3.05) is 58.7 Å². The highest BCUT2D eigenvalue weighted by molar-refractivity contribution is 5.94. The maximum atomic E-state index is 13.0. The number of hydrogen-bond donors (Lipinski definition) is 1. The topological polar surface area (TPSA) is 64.6 Å². The van der Waals surface area contributed by atoms with E-state index in [2.05, 4.69) is 15.1 Å².